The van der Waals surface area contributed by atoms with Crippen LogP contribution in [0, 0.1) is 17.8 Å². The first-order chi connectivity index (χ1) is 12.4. The molecule has 2 saturated carbocycles. The predicted molar refractivity (Wildman–Crippen MR) is 96.5 cm³/mol. The zero-order valence-electron chi connectivity index (χ0n) is 16.2. The monoisotopic (exact) mass is 367 g/mol. The van der Waals surface area contributed by atoms with Crippen LogP contribution in [0.5, 0.6) is 0 Å². The van der Waals surface area contributed by atoms with Crippen molar-refractivity contribution in [1.29, 1.82) is 0 Å². The van der Waals surface area contributed by atoms with Gasteiger partial charge in [-0.25, -0.2) is 4.79 Å². The van der Waals surface area contributed by atoms with Crippen molar-refractivity contribution in [3.8, 4) is 0 Å². The van der Waals surface area contributed by atoms with Crippen LogP contribution in [-0.2, 0) is 23.8 Å². The number of carbonyl (C=O) groups excluding carboxylic acids is 2. The Labute approximate surface area is 156 Å². The van der Waals surface area contributed by atoms with Gasteiger partial charge in [-0.05, 0) is 70.6 Å². The molecule has 1 N–H and O–H groups in total. The van der Waals surface area contributed by atoms with E-state index in [1.807, 2.05) is 0 Å². The van der Waals surface area contributed by atoms with Gasteiger partial charge in [-0.2, -0.15) is 0 Å². The van der Waals surface area contributed by atoms with Crippen molar-refractivity contribution >= 4 is 11.9 Å². The Hall–Kier alpha value is -1.14. The van der Waals surface area contributed by atoms with Crippen molar-refractivity contribution in [2.24, 2.45) is 17.8 Å². The van der Waals surface area contributed by atoms with Crippen molar-refractivity contribution in [3.63, 3.8) is 0 Å². The summed E-state index contributed by atoms with van der Waals surface area (Å²) in [5, 5.41) is 3.05. The van der Waals surface area contributed by atoms with Crippen LogP contribution in [-0.4, -0.2) is 49.4 Å². The predicted octanol–water partition coefficient (Wildman–Crippen LogP) is 2.44. The minimum Gasteiger partial charge on any atom is -0.451 e. The number of nitrogens with one attached hydrogen (secondary N) is 1. The highest BCUT2D eigenvalue weighted by Crippen LogP contribution is 2.49. The zero-order valence-corrected chi connectivity index (χ0v) is 16.2. The van der Waals surface area contributed by atoms with Crippen LogP contribution in [0.25, 0.3) is 0 Å². The highest BCUT2D eigenvalue weighted by atomic mass is 16.6. The SMILES string of the molecule is CC(OC(=O)C(C)OCC1CCCO1)C(=O)NC(C)C1CC2CCC1C2. The number of ether oxygens (including phenoxy) is 3. The average Bonchev–Trinajstić information content (AvgIpc) is 3.36. The molecule has 3 aliphatic rings. The van der Waals surface area contributed by atoms with Gasteiger partial charge in [0, 0.05) is 12.6 Å². The van der Waals surface area contributed by atoms with Gasteiger partial charge in [0.25, 0.3) is 5.91 Å². The van der Waals surface area contributed by atoms with Crippen LogP contribution in [0.3, 0.4) is 0 Å². The van der Waals surface area contributed by atoms with Crippen LogP contribution in [0.4, 0.5) is 0 Å². The van der Waals surface area contributed by atoms with Gasteiger partial charge in [0.05, 0.1) is 12.7 Å². The molecule has 1 saturated heterocycles. The number of fused-ring (bicyclic) bond motifs is 2. The molecule has 2 aliphatic carbocycles. The Balaban J connectivity index is 1.37. The maximum atomic E-state index is 12.4. The lowest BCUT2D eigenvalue weighted by molar-refractivity contribution is -0.166. The number of carbonyl (C=O) groups is 2. The highest BCUT2D eigenvalue weighted by molar-refractivity contribution is 5.84. The van der Waals surface area contributed by atoms with Gasteiger partial charge in [0.2, 0.25) is 0 Å². The Morgan fingerprint density at radius 2 is 1.92 bits per heavy atom. The van der Waals surface area contributed by atoms with Crippen LogP contribution in [0.15, 0.2) is 0 Å². The number of esters is 1. The molecule has 26 heavy (non-hydrogen) atoms. The first-order valence-electron chi connectivity index (χ1n) is 10.2. The molecule has 0 aromatic heterocycles. The maximum absolute atomic E-state index is 12.4. The normalized spacial score (nSPS) is 33.7. The Morgan fingerprint density at radius 3 is 2.54 bits per heavy atom. The second kappa shape index (κ2) is 8.70. The van der Waals surface area contributed by atoms with Gasteiger partial charge >= 0.3 is 5.97 Å². The fourth-order valence-electron chi connectivity index (χ4n) is 4.77. The molecule has 0 spiro atoms. The molecule has 0 aromatic carbocycles. The first-order valence-corrected chi connectivity index (χ1v) is 10.2. The molecule has 148 valence electrons. The van der Waals surface area contributed by atoms with E-state index in [-0.39, 0.29) is 18.1 Å². The summed E-state index contributed by atoms with van der Waals surface area (Å²) in [6, 6.07) is 0.132. The molecular weight excluding hydrogens is 334 g/mol. The molecule has 3 fully saturated rings. The van der Waals surface area contributed by atoms with Gasteiger partial charge in [-0.1, -0.05) is 6.42 Å². The quantitative estimate of drug-likeness (QED) is 0.667. The molecule has 0 aromatic rings. The Bertz CT molecular complexity index is 504. The van der Waals surface area contributed by atoms with E-state index in [1.165, 1.54) is 25.7 Å². The fraction of sp³-hybridized carbons (Fsp3) is 0.900. The van der Waals surface area contributed by atoms with E-state index >= 15 is 0 Å². The van der Waals surface area contributed by atoms with Gasteiger partial charge < -0.3 is 19.5 Å². The van der Waals surface area contributed by atoms with Crippen molar-refractivity contribution < 1.29 is 23.8 Å². The zero-order chi connectivity index (χ0) is 18.7. The third-order valence-corrected chi connectivity index (χ3v) is 6.36. The largest absolute Gasteiger partial charge is 0.451 e. The molecular formula is C20H33NO5. The summed E-state index contributed by atoms with van der Waals surface area (Å²) < 4.78 is 16.3. The van der Waals surface area contributed by atoms with Gasteiger partial charge in [0.1, 0.15) is 0 Å². The van der Waals surface area contributed by atoms with Crippen LogP contribution in [0.2, 0.25) is 0 Å². The van der Waals surface area contributed by atoms with E-state index in [9.17, 15) is 9.59 Å². The molecule has 1 amide bonds. The van der Waals surface area contributed by atoms with Gasteiger partial charge in [-0.3, -0.25) is 4.79 Å². The van der Waals surface area contributed by atoms with E-state index in [0.717, 1.165) is 31.3 Å². The molecule has 1 heterocycles. The second-order valence-corrected chi connectivity index (χ2v) is 8.33. The van der Waals surface area contributed by atoms with E-state index in [4.69, 9.17) is 14.2 Å². The maximum Gasteiger partial charge on any atom is 0.335 e. The third-order valence-electron chi connectivity index (χ3n) is 6.36. The number of hydrogen-bond acceptors (Lipinski definition) is 5. The summed E-state index contributed by atoms with van der Waals surface area (Å²) in [5.74, 6) is 1.44. The first kappa shape index (κ1) is 19.6. The molecule has 6 heteroatoms. The standard InChI is InChI=1S/C20H33NO5/c1-12(18-10-15-6-7-16(18)9-15)21-19(22)13(2)26-20(23)14(3)25-11-17-5-4-8-24-17/h12-18H,4-11H2,1-3H3,(H,21,22). The van der Waals surface area contributed by atoms with E-state index in [0.29, 0.717) is 12.5 Å². The molecule has 1 aliphatic heterocycles. The summed E-state index contributed by atoms with van der Waals surface area (Å²) in [6.45, 7) is 6.49. The van der Waals surface area contributed by atoms with E-state index < -0.39 is 18.2 Å². The summed E-state index contributed by atoms with van der Waals surface area (Å²) in [5.41, 5.74) is 0. The van der Waals surface area contributed by atoms with Gasteiger partial charge in [0.15, 0.2) is 12.2 Å². The molecule has 2 bridgehead atoms. The molecule has 6 nitrogen and oxygen atoms in total. The molecule has 7 atom stereocenters. The van der Waals surface area contributed by atoms with Crippen molar-refractivity contribution in [2.75, 3.05) is 13.2 Å². The number of rotatable bonds is 8. The highest BCUT2D eigenvalue weighted by Gasteiger charge is 2.42. The Morgan fingerprint density at radius 1 is 1.12 bits per heavy atom. The number of hydrogen-bond donors (Lipinski definition) is 1. The summed E-state index contributed by atoms with van der Waals surface area (Å²) in [6.07, 6.45) is 5.72. The van der Waals surface area contributed by atoms with Crippen molar-refractivity contribution in [2.45, 2.75) is 83.6 Å². The summed E-state index contributed by atoms with van der Waals surface area (Å²) in [4.78, 5) is 24.5. The summed E-state index contributed by atoms with van der Waals surface area (Å²) >= 11 is 0. The van der Waals surface area contributed by atoms with Gasteiger partial charge in [-0.15, -0.1) is 0 Å². The lowest BCUT2D eigenvalue weighted by Crippen LogP contribution is -2.45. The average molecular weight is 367 g/mol. The minimum absolute atomic E-state index is 0.0635. The van der Waals surface area contributed by atoms with Crippen LogP contribution in [0.1, 0.15) is 59.3 Å². The van der Waals surface area contributed by atoms with E-state index in [1.54, 1.807) is 13.8 Å². The molecule has 0 radical (unpaired) electrons. The lowest BCUT2D eigenvalue weighted by atomic mass is 9.84. The van der Waals surface area contributed by atoms with Crippen LogP contribution >= 0.6 is 0 Å². The fourth-order valence-corrected chi connectivity index (χ4v) is 4.77. The smallest absolute Gasteiger partial charge is 0.335 e. The topological polar surface area (TPSA) is 73.9 Å². The van der Waals surface area contributed by atoms with E-state index in [2.05, 4.69) is 12.2 Å². The van der Waals surface area contributed by atoms with Crippen molar-refractivity contribution in [1.82, 2.24) is 5.32 Å². The molecule has 7 unspecified atom stereocenters. The molecule has 3 rings (SSSR count). The minimum atomic E-state index is -0.808. The van der Waals surface area contributed by atoms with Crippen molar-refractivity contribution in [3.05, 3.63) is 0 Å². The number of amides is 1. The van der Waals surface area contributed by atoms with Crippen LogP contribution < -0.4 is 5.32 Å². The lowest BCUT2D eigenvalue weighted by Gasteiger charge is -2.29. The summed E-state index contributed by atoms with van der Waals surface area (Å²) in [7, 11) is 0. The Kier molecular flexibility index (Phi) is 6.56. The third kappa shape index (κ3) is 4.77. The second-order valence-electron chi connectivity index (χ2n) is 8.33.